The molecule has 0 saturated heterocycles. The fourth-order valence-corrected chi connectivity index (χ4v) is 2.30. The van der Waals surface area contributed by atoms with Gasteiger partial charge in [0.2, 0.25) is 0 Å². The van der Waals surface area contributed by atoms with Crippen molar-refractivity contribution in [1.82, 2.24) is 5.32 Å². The summed E-state index contributed by atoms with van der Waals surface area (Å²) in [6.45, 7) is -1.09. The molecule has 0 aliphatic heterocycles. The van der Waals surface area contributed by atoms with Gasteiger partial charge in [-0.15, -0.1) is 0 Å². The van der Waals surface area contributed by atoms with Gasteiger partial charge in [-0.3, -0.25) is 14.4 Å². The number of ether oxygens (including phenoxy) is 4. The van der Waals surface area contributed by atoms with E-state index in [0.29, 0.717) is 0 Å². The molecular weight excluding hydrogens is 422 g/mol. The summed E-state index contributed by atoms with van der Waals surface area (Å²) in [5.41, 5.74) is -1.18. The van der Waals surface area contributed by atoms with Crippen LogP contribution in [0.3, 0.4) is 0 Å². The van der Waals surface area contributed by atoms with Crippen LogP contribution in [0.5, 0.6) is 0 Å². The number of aliphatic hydroxyl groups is 2. The van der Waals surface area contributed by atoms with Gasteiger partial charge >= 0.3 is 17.9 Å². The molecule has 2 atom stereocenters. The molecule has 0 saturated carbocycles. The second-order valence-corrected chi connectivity index (χ2v) is 6.84. The van der Waals surface area contributed by atoms with Crippen molar-refractivity contribution in [3.63, 3.8) is 0 Å². The van der Waals surface area contributed by atoms with Gasteiger partial charge < -0.3 is 49.8 Å². The van der Waals surface area contributed by atoms with Crippen LogP contribution in [0, 0.1) is 0 Å². The smallest absolute Gasteiger partial charge is 0.305 e. The van der Waals surface area contributed by atoms with E-state index in [9.17, 15) is 24.6 Å². The number of β-amino-alcohol motifs (C(OH)–C–C–N with tert-alkyl or cyclic N) is 1. The van der Waals surface area contributed by atoms with Crippen molar-refractivity contribution in [1.29, 1.82) is 0 Å². The molecule has 0 bridgehead atoms. The lowest BCUT2D eigenvalue weighted by atomic mass is 10.0. The van der Waals surface area contributed by atoms with Gasteiger partial charge in [-0.25, -0.2) is 0 Å². The first kappa shape index (κ1) is 29.1. The fourth-order valence-electron chi connectivity index (χ4n) is 2.30. The number of aliphatic hydroxyl groups excluding tert-OH is 2. The summed E-state index contributed by atoms with van der Waals surface area (Å²) in [4.78, 5) is 32.1. The summed E-state index contributed by atoms with van der Waals surface area (Å²) in [6.07, 6.45) is -3.21. The number of hydrogen-bond donors (Lipinski definition) is 6. The molecular formula is C18H33NO12. The minimum Gasteiger partial charge on any atom is -0.481 e. The largest absolute Gasteiger partial charge is 0.481 e. The quantitative estimate of drug-likeness (QED) is 0.105. The third-order valence-electron chi connectivity index (χ3n) is 3.98. The molecule has 0 aliphatic carbocycles. The molecule has 182 valence electrons. The summed E-state index contributed by atoms with van der Waals surface area (Å²) < 4.78 is 21.0. The van der Waals surface area contributed by atoms with E-state index in [4.69, 9.17) is 34.3 Å². The number of aliphatic carboxylic acids is 3. The van der Waals surface area contributed by atoms with Gasteiger partial charge in [-0.1, -0.05) is 0 Å². The van der Waals surface area contributed by atoms with E-state index in [1.54, 1.807) is 0 Å². The van der Waals surface area contributed by atoms with Gasteiger partial charge in [-0.2, -0.15) is 0 Å². The summed E-state index contributed by atoms with van der Waals surface area (Å²) in [7, 11) is 1.36. The molecule has 0 aliphatic rings. The lowest BCUT2D eigenvalue weighted by Gasteiger charge is -2.35. The molecule has 13 nitrogen and oxygen atoms in total. The zero-order chi connectivity index (χ0) is 23.7. The van der Waals surface area contributed by atoms with Crippen molar-refractivity contribution in [3.05, 3.63) is 0 Å². The SMILES string of the molecule is COCC(O)C(O)CNC(COCCC(=O)O)(COCCC(=O)O)COCCC(=O)O. The molecule has 0 aromatic heterocycles. The molecule has 0 aromatic rings. The van der Waals surface area contributed by atoms with Crippen LogP contribution in [-0.4, -0.2) is 121 Å². The van der Waals surface area contributed by atoms with Gasteiger partial charge in [0.1, 0.15) is 6.10 Å². The third-order valence-corrected chi connectivity index (χ3v) is 3.98. The van der Waals surface area contributed by atoms with Crippen molar-refractivity contribution in [3.8, 4) is 0 Å². The molecule has 0 heterocycles. The van der Waals surface area contributed by atoms with E-state index >= 15 is 0 Å². The molecule has 0 amide bonds. The van der Waals surface area contributed by atoms with Crippen LogP contribution in [0.1, 0.15) is 19.3 Å². The van der Waals surface area contributed by atoms with E-state index in [1.165, 1.54) is 7.11 Å². The minimum absolute atomic E-state index is 0.116. The Hall–Kier alpha value is -1.87. The van der Waals surface area contributed by atoms with Gasteiger partial charge in [0.05, 0.1) is 77.2 Å². The predicted molar refractivity (Wildman–Crippen MR) is 104 cm³/mol. The molecule has 31 heavy (non-hydrogen) atoms. The Morgan fingerprint density at radius 2 is 1.16 bits per heavy atom. The molecule has 0 radical (unpaired) electrons. The molecule has 0 rings (SSSR count). The minimum atomic E-state index is -1.24. The monoisotopic (exact) mass is 455 g/mol. The average molecular weight is 455 g/mol. The number of nitrogens with one attached hydrogen (secondary N) is 1. The Morgan fingerprint density at radius 1 is 0.774 bits per heavy atom. The lowest BCUT2D eigenvalue weighted by Crippen LogP contribution is -2.59. The molecule has 0 spiro atoms. The topological polar surface area (TPSA) is 201 Å². The Balaban J connectivity index is 5.17. The van der Waals surface area contributed by atoms with E-state index in [0.717, 1.165) is 0 Å². The predicted octanol–water partition coefficient (Wildman–Crippen LogP) is -1.84. The number of carbonyl (C=O) groups is 3. The van der Waals surface area contributed by atoms with E-state index in [-0.39, 0.29) is 72.1 Å². The number of methoxy groups -OCH3 is 1. The highest BCUT2D eigenvalue weighted by Crippen LogP contribution is 2.11. The highest BCUT2D eigenvalue weighted by molar-refractivity contribution is 5.67. The Bertz CT molecular complexity index is 475. The van der Waals surface area contributed by atoms with Gasteiger partial charge in [0, 0.05) is 13.7 Å². The van der Waals surface area contributed by atoms with Crippen LogP contribution in [-0.2, 0) is 33.3 Å². The van der Waals surface area contributed by atoms with E-state index in [2.05, 4.69) is 5.32 Å². The van der Waals surface area contributed by atoms with E-state index < -0.39 is 35.7 Å². The van der Waals surface area contributed by atoms with Crippen LogP contribution in [0.25, 0.3) is 0 Å². The van der Waals surface area contributed by atoms with Crippen LogP contribution in [0.15, 0.2) is 0 Å². The van der Waals surface area contributed by atoms with Crippen LogP contribution in [0.4, 0.5) is 0 Å². The van der Waals surface area contributed by atoms with Gasteiger partial charge in [-0.05, 0) is 0 Å². The molecule has 0 aromatic carbocycles. The van der Waals surface area contributed by atoms with Crippen LogP contribution >= 0.6 is 0 Å². The normalized spacial score (nSPS) is 13.6. The lowest BCUT2D eigenvalue weighted by molar-refractivity contribution is -0.139. The summed E-state index contributed by atoms with van der Waals surface area (Å²) in [5, 5.41) is 49.1. The van der Waals surface area contributed by atoms with Gasteiger partial charge in [0.15, 0.2) is 0 Å². The van der Waals surface area contributed by atoms with Crippen molar-refractivity contribution in [2.75, 3.05) is 59.9 Å². The van der Waals surface area contributed by atoms with Crippen molar-refractivity contribution < 1.29 is 58.9 Å². The first-order valence-electron chi connectivity index (χ1n) is 9.60. The number of carboxylic acid groups (broad SMARTS) is 3. The zero-order valence-corrected chi connectivity index (χ0v) is 17.5. The maximum atomic E-state index is 10.7. The highest BCUT2D eigenvalue weighted by atomic mass is 16.5. The number of hydrogen-bond acceptors (Lipinski definition) is 10. The number of carboxylic acids is 3. The average Bonchev–Trinajstić information content (AvgIpc) is 2.69. The highest BCUT2D eigenvalue weighted by Gasteiger charge is 2.33. The summed E-state index contributed by atoms with van der Waals surface area (Å²) in [6, 6.07) is 0. The zero-order valence-electron chi connectivity index (χ0n) is 17.5. The Morgan fingerprint density at radius 3 is 1.48 bits per heavy atom. The van der Waals surface area contributed by atoms with E-state index in [1.807, 2.05) is 0 Å². The Labute approximate surface area is 179 Å². The standard InChI is InChI=1S/C18H33NO12/c1-28-9-14(21)13(20)8-19-18(10-29-5-2-15(22)23,11-30-6-3-16(24)25)12-31-7-4-17(26)27/h13-14,19-21H,2-12H2,1H3,(H,22,23)(H,24,25)(H,26,27). The first-order valence-corrected chi connectivity index (χ1v) is 9.60. The molecule has 6 N–H and O–H groups in total. The second kappa shape index (κ2) is 16.8. The molecule has 0 fully saturated rings. The third kappa shape index (κ3) is 15.6. The van der Waals surface area contributed by atoms with Gasteiger partial charge in [0.25, 0.3) is 0 Å². The number of rotatable bonds is 21. The van der Waals surface area contributed by atoms with Crippen molar-refractivity contribution in [2.45, 2.75) is 37.0 Å². The Kier molecular flexibility index (Phi) is 15.8. The van der Waals surface area contributed by atoms with Crippen LogP contribution in [0.2, 0.25) is 0 Å². The summed E-state index contributed by atoms with van der Waals surface area (Å²) in [5.74, 6) is -3.19. The van der Waals surface area contributed by atoms with Crippen molar-refractivity contribution >= 4 is 17.9 Å². The first-order chi connectivity index (χ1) is 14.6. The van der Waals surface area contributed by atoms with Crippen molar-refractivity contribution in [2.24, 2.45) is 0 Å². The second-order valence-electron chi connectivity index (χ2n) is 6.84. The summed E-state index contributed by atoms with van der Waals surface area (Å²) >= 11 is 0. The molecule has 2 unspecified atom stereocenters. The molecule has 13 heteroatoms. The fraction of sp³-hybridized carbons (Fsp3) is 0.833. The maximum Gasteiger partial charge on any atom is 0.305 e. The van der Waals surface area contributed by atoms with Crippen LogP contribution < -0.4 is 5.32 Å². The maximum absolute atomic E-state index is 10.7.